The van der Waals surface area contributed by atoms with Gasteiger partial charge in [0.05, 0.1) is 12.6 Å². The first kappa shape index (κ1) is 14.9. The van der Waals surface area contributed by atoms with Crippen molar-refractivity contribution in [1.29, 1.82) is 0 Å². The van der Waals surface area contributed by atoms with Gasteiger partial charge in [0.15, 0.2) is 0 Å². The molecule has 4 heteroatoms. The monoisotopic (exact) mass is 311 g/mol. The average Bonchev–Trinajstić information content (AvgIpc) is 3.15. The fourth-order valence-corrected chi connectivity index (χ4v) is 4.46. The zero-order valence-corrected chi connectivity index (χ0v) is 13.8. The van der Waals surface area contributed by atoms with Crippen molar-refractivity contribution in [2.45, 2.75) is 32.0 Å². The Balaban J connectivity index is 1.47. The Kier molecular flexibility index (Phi) is 4.19. The molecule has 2 fully saturated rings. The van der Waals surface area contributed by atoms with Gasteiger partial charge in [0, 0.05) is 39.1 Å². The summed E-state index contributed by atoms with van der Waals surface area (Å²) in [6.45, 7) is 4.24. The third kappa shape index (κ3) is 3.06. The number of nitrogens with zero attached hydrogens (tertiary/aromatic N) is 3. The van der Waals surface area contributed by atoms with E-state index < -0.39 is 0 Å². The summed E-state index contributed by atoms with van der Waals surface area (Å²) in [5, 5.41) is 4.34. The van der Waals surface area contributed by atoms with Crippen molar-refractivity contribution < 1.29 is 4.74 Å². The van der Waals surface area contributed by atoms with Crippen LogP contribution < -0.4 is 0 Å². The van der Waals surface area contributed by atoms with Crippen molar-refractivity contribution in [3.8, 4) is 0 Å². The maximum atomic E-state index is 5.73. The van der Waals surface area contributed by atoms with Gasteiger partial charge in [0.25, 0.3) is 0 Å². The molecule has 0 amide bonds. The van der Waals surface area contributed by atoms with Crippen LogP contribution in [0.25, 0.3) is 0 Å². The van der Waals surface area contributed by atoms with Crippen LogP contribution in [0.2, 0.25) is 0 Å². The van der Waals surface area contributed by atoms with Gasteiger partial charge < -0.3 is 4.74 Å². The van der Waals surface area contributed by atoms with Crippen molar-refractivity contribution in [1.82, 2.24) is 14.7 Å². The molecule has 0 spiro atoms. The molecule has 23 heavy (non-hydrogen) atoms. The number of methoxy groups -OCH3 is 1. The van der Waals surface area contributed by atoms with Crippen LogP contribution in [-0.2, 0) is 17.8 Å². The number of ether oxygens (including phenoxy) is 1. The van der Waals surface area contributed by atoms with Crippen LogP contribution >= 0.6 is 0 Å². The van der Waals surface area contributed by atoms with Crippen molar-refractivity contribution in [2.24, 2.45) is 11.8 Å². The molecule has 1 unspecified atom stereocenters. The van der Waals surface area contributed by atoms with Gasteiger partial charge in [-0.3, -0.25) is 9.58 Å². The van der Waals surface area contributed by atoms with Crippen LogP contribution in [0.4, 0.5) is 0 Å². The summed E-state index contributed by atoms with van der Waals surface area (Å²) < 4.78 is 7.73. The first-order valence-electron chi connectivity index (χ1n) is 8.63. The Morgan fingerprint density at radius 1 is 1.04 bits per heavy atom. The Morgan fingerprint density at radius 2 is 1.74 bits per heavy atom. The van der Waals surface area contributed by atoms with E-state index in [2.05, 4.69) is 34.3 Å². The summed E-state index contributed by atoms with van der Waals surface area (Å²) in [7, 11) is 1.88. The number of rotatable bonds is 5. The minimum Gasteiger partial charge on any atom is -0.381 e. The molecule has 1 aromatic heterocycles. The minimum absolute atomic E-state index is 0.491. The third-order valence-electron chi connectivity index (χ3n) is 5.50. The summed E-state index contributed by atoms with van der Waals surface area (Å²) in [6.07, 6.45) is 7.02. The zero-order valence-electron chi connectivity index (χ0n) is 13.8. The van der Waals surface area contributed by atoms with Crippen LogP contribution in [0, 0.1) is 11.8 Å². The number of fused-ring (bicyclic) bond motifs is 2. The van der Waals surface area contributed by atoms with E-state index >= 15 is 0 Å². The van der Waals surface area contributed by atoms with Gasteiger partial charge in [0.2, 0.25) is 0 Å². The SMILES string of the molecule is COC1[C@@H]2CC[C@H]1CN(Cc1ccccc1Cn1cccn1)C2. The van der Waals surface area contributed by atoms with Crippen LogP contribution in [0.15, 0.2) is 42.7 Å². The van der Waals surface area contributed by atoms with E-state index in [0.29, 0.717) is 6.10 Å². The van der Waals surface area contributed by atoms with Crippen LogP contribution in [0.1, 0.15) is 24.0 Å². The van der Waals surface area contributed by atoms with E-state index in [1.165, 1.54) is 37.1 Å². The highest BCUT2D eigenvalue weighted by atomic mass is 16.5. The molecular weight excluding hydrogens is 286 g/mol. The second-order valence-electron chi connectivity index (χ2n) is 6.96. The molecule has 2 aliphatic rings. The largest absolute Gasteiger partial charge is 0.381 e. The van der Waals surface area contributed by atoms with Gasteiger partial charge in [-0.2, -0.15) is 5.10 Å². The van der Waals surface area contributed by atoms with Crippen molar-refractivity contribution in [2.75, 3.05) is 20.2 Å². The number of aromatic nitrogens is 2. The lowest BCUT2D eigenvalue weighted by atomic mass is 9.94. The van der Waals surface area contributed by atoms with Gasteiger partial charge in [-0.05, 0) is 41.9 Å². The molecule has 4 rings (SSSR count). The molecule has 1 aliphatic heterocycles. The molecule has 0 radical (unpaired) electrons. The fourth-order valence-electron chi connectivity index (χ4n) is 4.46. The highest BCUT2D eigenvalue weighted by molar-refractivity contribution is 5.27. The van der Waals surface area contributed by atoms with Crippen molar-refractivity contribution in [3.63, 3.8) is 0 Å². The zero-order chi connectivity index (χ0) is 15.6. The van der Waals surface area contributed by atoms with E-state index in [9.17, 15) is 0 Å². The van der Waals surface area contributed by atoms with Gasteiger partial charge in [-0.15, -0.1) is 0 Å². The molecule has 122 valence electrons. The molecule has 2 heterocycles. The molecule has 1 saturated heterocycles. The summed E-state index contributed by atoms with van der Waals surface area (Å²) in [6, 6.07) is 10.8. The predicted octanol–water partition coefficient (Wildman–Crippen LogP) is 2.79. The summed E-state index contributed by atoms with van der Waals surface area (Å²) in [4.78, 5) is 2.62. The molecule has 1 aliphatic carbocycles. The Hall–Kier alpha value is -1.65. The van der Waals surface area contributed by atoms with Gasteiger partial charge in [0.1, 0.15) is 0 Å². The Labute approximate surface area is 138 Å². The Morgan fingerprint density at radius 3 is 2.35 bits per heavy atom. The number of piperidine rings is 1. The molecule has 4 nitrogen and oxygen atoms in total. The highest BCUT2D eigenvalue weighted by Gasteiger charge is 2.42. The lowest BCUT2D eigenvalue weighted by Gasteiger charge is -2.37. The first-order valence-corrected chi connectivity index (χ1v) is 8.63. The topological polar surface area (TPSA) is 30.3 Å². The normalized spacial score (nSPS) is 27.4. The molecule has 0 N–H and O–H groups in total. The molecule has 3 atom stereocenters. The smallest absolute Gasteiger partial charge is 0.0662 e. The van der Waals surface area contributed by atoms with E-state index in [4.69, 9.17) is 4.74 Å². The molecule has 1 aromatic carbocycles. The lowest BCUT2D eigenvalue weighted by molar-refractivity contribution is -0.0180. The molecular formula is C19H25N3O. The van der Waals surface area contributed by atoms with Gasteiger partial charge in [-0.25, -0.2) is 0 Å². The number of hydrogen-bond donors (Lipinski definition) is 0. The molecule has 2 bridgehead atoms. The standard InChI is InChI=1S/C19H25N3O/c1-23-19-17-7-8-18(19)13-21(12-17)11-15-5-2-3-6-16(15)14-22-10-4-9-20-22/h2-6,9-10,17-19H,7-8,11-14H2,1H3/t17-,18+,19?. The molecule has 2 aromatic rings. The van der Waals surface area contributed by atoms with E-state index in [1.807, 2.05) is 30.3 Å². The van der Waals surface area contributed by atoms with Gasteiger partial charge in [-0.1, -0.05) is 24.3 Å². The maximum Gasteiger partial charge on any atom is 0.0662 e. The van der Waals surface area contributed by atoms with Gasteiger partial charge >= 0.3 is 0 Å². The first-order chi connectivity index (χ1) is 11.3. The number of likely N-dealkylation sites (tertiary alicyclic amines) is 1. The Bertz CT molecular complexity index is 626. The number of hydrogen-bond acceptors (Lipinski definition) is 3. The summed E-state index contributed by atoms with van der Waals surface area (Å²) in [5.74, 6) is 1.44. The second-order valence-corrected chi connectivity index (χ2v) is 6.96. The van der Waals surface area contributed by atoms with Crippen molar-refractivity contribution in [3.05, 3.63) is 53.9 Å². The van der Waals surface area contributed by atoms with E-state index in [0.717, 1.165) is 24.9 Å². The quantitative estimate of drug-likeness (QED) is 0.850. The average molecular weight is 311 g/mol. The molecule has 1 saturated carbocycles. The van der Waals surface area contributed by atoms with Crippen molar-refractivity contribution >= 4 is 0 Å². The second kappa shape index (κ2) is 6.46. The highest BCUT2D eigenvalue weighted by Crippen LogP contribution is 2.39. The maximum absolute atomic E-state index is 5.73. The summed E-state index contributed by atoms with van der Waals surface area (Å²) in [5.41, 5.74) is 2.80. The summed E-state index contributed by atoms with van der Waals surface area (Å²) >= 11 is 0. The van der Waals surface area contributed by atoms with Crippen LogP contribution in [0.5, 0.6) is 0 Å². The predicted molar refractivity (Wildman–Crippen MR) is 90.1 cm³/mol. The van der Waals surface area contributed by atoms with Crippen LogP contribution in [0.3, 0.4) is 0 Å². The minimum atomic E-state index is 0.491. The van der Waals surface area contributed by atoms with E-state index in [-0.39, 0.29) is 0 Å². The number of benzene rings is 1. The van der Waals surface area contributed by atoms with Crippen LogP contribution in [-0.4, -0.2) is 41.0 Å². The third-order valence-corrected chi connectivity index (χ3v) is 5.50. The lowest BCUT2D eigenvalue weighted by Crippen LogP contribution is -2.45. The van der Waals surface area contributed by atoms with E-state index in [1.54, 1.807) is 0 Å². The fraction of sp³-hybridized carbons (Fsp3) is 0.526.